The number of hydrogen-bond donors (Lipinski definition) is 3. The highest BCUT2D eigenvalue weighted by Crippen LogP contribution is 2.37. The summed E-state index contributed by atoms with van der Waals surface area (Å²) in [6.07, 6.45) is 4.68. The van der Waals surface area contributed by atoms with Gasteiger partial charge in [-0.2, -0.15) is 0 Å². The fourth-order valence-electron chi connectivity index (χ4n) is 3.58. The van der Waals surface area contributed by atoms with E-state index in [0.29, 0.717) is 24.9 Å². The van der Waals surface area contributed by atoms with Crippen LogP contribution in [0, 0.1) is 5.82 Å². The lowest BCUT2D eigenvalue weighted by atomic mass is 9.82. The fraction of sp³-hybridized carbons (Fsp3) is 0.444. The highest BCUT2D eigenvalue weighted by molar-refractivity contribution is 5.43. The van der Waals surface area contributed by atoms with Crippen LogP contribution in [-0.2, 0) is 11.2 Å². The second kappa shape index (κ2) is 6.83. The van der Waals surface area contributed by atoms with E-state index in [1.165, 1.54) is 17.2 Å². The summed E-state index contributed by atoms with van der Waals surface area (Å²) >= 11 is 0. The molecule has 0 spiro atoms. The molecule has 0 amide bonds. The summed E-state index contributed by atoms with van der Waals surface area (Å²) in [7, 11) is 1.66. The molecule has 1 aromatic carbocycles. The molecule has 0 unspecified atom stereocenters. The minimum Gasteiger partial charge on any atom is -0.504 e. The Bertz CT molecular complexity index is 699. The first-order valence-electron chi connectivity index (χ1n) is 8.02. The van der Waals surface area contributed by atoms with Crippen LogP contribution in [0.1, 0.15) is 24.8 Å². The van der Waals surface area contributed by atoms with Gasteiger partial charge in [0.25, 0.3) is 0 Å². The largest absolute Gasteiger partial charge is 0.504 e. The van der Waals surface area contributed by atoms with Gasteiger partial charge in [-0.25, -0.2) is 4.39 Å². The van der Waals surface area contributed by atoms with Crippen LogP contribution in [0.4, 0.5) is 4.39 Å². The summed E-state index contributed by atoms with van der Waals surface area (Å²) in [5.74, 6) is -0.417. The maximum atomic E-state index is 14.2. The van der Waals surface area contributed by atoms with Gasteiger partial charge in [0.05, 0.1) is 19.6 Å². The standard InChI is InChI=1S/C18H22FNO4/c1-24-13-2-3-14-11(6-13)4-5-20(10-21)16(14)7-12-8-17(22)18(23)9-15(12)19/h2,8-9,16,21-23H,3-7,10H2,1H3/t16-/m0/s1. The number of rotatable bonds is 4. The Labute approximate surface area is 140 Å². The topological polar surface area (TPSA) is 73.2 Å². The predicted molar refractivity (Wildman–Crippen MR) is 87.0 cm³/mol. The SMILES string of the molecule is COC1=CCC2=C(CCN(CO)[C@H]2Cc2cc(O)c(O)cc2F)C1. The maximum absolute atomic E-state index is 14.2. The minimum atomic E-state index is -0.556. The molecule has 1 heterocycles. The smallest absolute Gasteiger partial charge is 0.160 e. The molecular weight excluding hydrogens is 313 g/mol. The maximum Gasteiger partial charge on any atom is 0.160 e. The molecule has 0 saturated heterocycles. The van der Waals surface area contributed by atoms with Gasteiger partial charge >= 0.3 is 0 Å². The van der Waals surface area contributed by atoms with Crippen LogP contribution in [0.5, 0.6) is 11.5 Å². The third-order valence-corrected chi connectivity index (χ3v) is 4.94. The van der Waals surface area contributed by atoms with Gasteiger partial charge in [0.2, 0.25) is 0 Å². The number of ether oxygens (including phenoxy) is 1. The summed E-state index contributed by atoms with van der Waals surface area (Å²) in [5.41, 5.74) is 2.79. The molecule has 0 bridgehead atoms. The third-order valence-electron chi connectivity index (χ3n) is 4.94. The molecule has 3 rings (SSSR count). The first-order chi connectivity index (χ1) is 11.5. The highest BCUT2D eigenvalue weighted by Gasteiger charge is 2.31. The molecule has 1 aromatic rings. The number of benzene rings is 1. The van der Waals surface area contributed by atoms with Crippen molar-refractivity contribution in [2.24, 2.45) is 0 Å². The number of halogens is 1. The van der Waals surface area contributed by atoms with Crippen molar-refractivity contribution in [3.8, 4) is 11.5 Å². The number of aliphatic hydroxyl groups excluding tert-OH is 1. The Kier molecular flexibility index (Phi) is 4.78. The van der Waals surface area contributed by atoms with Crippen molar-refractivity contribution in [3.05, 3.63) is 46.5 Å². The highest BCUT2D eigenvalue weighted by atomic mass is 19.1. The lowest BCUT2D eigenvalue weighted by molar-refractivity contribution is 0.0720. The number of aliphatic hydroxyl groups is 1. The van der Waals surface area contributed by atoms with Crippen molar-refractivity contribution >= 4 is 0 Å². The van der Waals surface area contributed by atoms with Crippen molar-refractivity contribution in [2.45, 2.75) is 31.7 Å². The summed E-state index contributed by atoms with van der Waals surface area (Å²) < 4.78 is 19.5. The summed E-state index contributed by atoms with van der Waals surface area (Å²) in [5, 5.41) is 28.7. The molecule has 1 aliphatic carbocycles. The lowest BCUT2D eigenvalue weighted by Crippen LogP contribution is -2.44. The van der Waals surface area contributed by atoms with Gasteiger partial charge in [-0.15, -0.1) is 0 Å². The normalized spacial score (nSPS) is 21.5. The van der Waals surface area contributed by atoms with Gasteiger partial charge in [-0.3, -0.25) is 4.90 Å². The molecular formula is C18H22FNO4. The van der Waals surface area contributed by atoms with Crippen molar-refractivity contribution in [3.63, 3.8) is 0 Å². The van der Waals surface area contributed by atoms with Gasteiger partial charge in [0.15, 0.2) is 11.5 Å². The number of phenols is 2. The van der Waals surface area contributed by atoms with E-state index in [4.69, 9.17) is 4.74 Å². The second-order valence-electron chi connectivity index (χ2n) is 6.24. The van der Waals surface area contributed by atoms with Crippen LogP contribution in [0.15, 0.2) is 35.1 Å². The number of allylic oxidation sites excluding steroid dienone is 2. The van der Waals surface area contributed by atoms with Crippen molar-refractivity contribution in [2.75, 3.05) is 20.4 Å². The Morgan fingerprint density at radius 1 is 1.29 bits per heavy atom. The van der Waals surface area contributed by atoms with Crippen LogP contribution in [0.3, 0.4) is 0 Å². The van der Waals surface area contributed by atoms with Crippen LogP contribution in [-0.4, -0.2) is 46.6 Å². The summed E-state index contributed by atoms with van der Waals surface area (Å²) in [6.45, 7) is 0.594. The second-order valence-corrected chi connectivity index (χ2v) is 6.24. The molecule has 3 N–H and O–H groups in total. The van der Waals surface area contributed by atoms with Crippen LogP contribution >= 0.6 is 0 Å². The molecule has 24 heavy (non-hydrogen) atoms. The molecule has 5 nitrogen and oxygen atoms in total. The zero-order valence-electron chi connectivity index (χ0n) is 13.6. The average Bonchev–Trinajstić information content (AvgIpc) is 2.59. The molecule has 2 aliphatic rings. The van der Waals surface area contributed by atoms with Crippen LogP contribution in [0.25, 0.3) is 0 Å². The Morgan fingerprint density at radius 3 is 2.75 bits per heavy atom. The van der Waals surface area contributed by atoms with Crippen LogP contribution < -0.4 is 0 Å². The fourth-order valence-corrected chi connectivity index (χ4v) is 3.58. The van der Waals surface area contributed by atoms with E-state index in [1.54, 1.807) is 7.11 Å². The molecule has 6 heteroatoms. The first kappa shape index (κ1) is 16.8. The van der Waals surface area contributed by atoms with Gasteiger partial charge < -0.3 is 20.1 Å². The number of phenolic OH excluding ortho intramolecular Hbond substituents is 2. The molecule has 0 radical (unpaired) electrons. The number of hydrogen-bond acceptors (Lipinski definition) is 5. The Balaban J connectivity index is 1.90. The van der Waals surface area contributed by atoms with Crippen molar-refractivity contribution < 1.29 is 24.4 Å². The minimum absolute atomic E-state index is 0.103. The molecule has 0 fully saturated rings. The third kappa shape index (κ3) is 3.12. The van der Waals surface area contributed by atoms with E-state index in [0.717, 1.165) is 24.7 Å². The quantitative estimate of drug-likeness (QED) is 0.582. The Morgan fingerprint density at radius 2 is 2.04 bits per heavy atom. The van der Waals surface area contributed by atoms with Gasteiger partial charge in [0, 0.05) is 25.1 Å². The number of nitrogens with zero attached hydrogens (tertiary/aromatic N) is 1. The monoisotopic (exact) mass is 335 g/mol. The summed E-state index contributed by atoms with van der Waals surface area (Å²) in [6, 6.07) is 2.05. The molecule has 0 aromatic heterocycles. The number of methoxy groups -OCH3 is 1. The zero-order chi connectivity index (χ0) is 17.3. The zero-order valence-corrected chi connectivity index (χ0v) is 13.6. The van der Waals surface area contributed by atoms with Gasteiger partial charge in [0.1, 0.15) is 5.82 Å². The lowest BCUT2D eigenvalue weighted by Gasteiger charge is -2.39. The first-order valence-corrected chi connectivity index (χ1v) is 8.02. The predicted octanol–water partition coefficient (Wildman–Crippen LogP) is 2.42. The molecule has 1 aliphatic heterocycles. The van der Waals surface area contributed by atoms with E-state index < -0.39 is 11.6 Å². The van der Waals surface area contributed by atoms with E-state index in [9.17, 15) is 19.7 Å². The molecule has 130 valence electrons. The summed E-state index contributed by atoms with van der Waals surface area (Å²) in [4.78, 5) is 1.91. The van der Waals surface area contributed by atoms with E-state index in [2.05, 4.69) is 0 Å². The van der Waals surface area contributed by atoms with Crippen molar-refractivity contribution in [1.29, 1.82) is 0 Å². The molecule has 1 atom stereocenters. The average molecular weight is 335 g/mol. The van der Waals surface area contributed by atoms with E-state index in [1.807, 2.05) is 11.0 Å². The van der Waals surface area contributed by atoms with Crippen molar-refractivity contribution in [1.82, 2.24) is 4.90 Å². The van der Waals surface area contributed by atoms with E-state index >= 15 is 0 Å². The number of aromatic hydroxyl groups is 2. The van der Waals surface area contributed by atoms with Gasteiger partial charge in [-0.05, 0) is 42.5 Å². The van der Waals surface area contributed by atoms with Crippen LogP contribution in [0.2, 0.25) is 0 Å². The van der Waals surface area contributed by atoms with Gasteiger partial charge in [-0.1, -0.05) is 5.57 Å². The van der Waals surface area contributed by atoms with E-state index in [-0.39, 0.29) is 18.5 Å². The Hall–Kier alpha value is -2.05. The molecule has 0 saturated carbocycles.